The molecule has 0 spiro atoms. The van der Waals surface area contributed by atoms with E-state index in [9.17, 15) is 9.59 Å². The summed E-state index contributed by atoms with van der Waals surface area (Å²) in [4.78, 5) is 27.2. The van der Waals surface area contributed by atoms with Gasteiger partial charge in [0.2, 0.25) is 5.91 Å². The Morgan fingerprint density at radius 1 is 1.50 bits per heavy atom. The number of amides is 3. The number of hydrogen-bond acceptors (Lipinski definition) is 6. The summed E-state index contributed by atoms with van der Waals surface area (Å²) in [6.45, 7) is 2.13. The van der Waals surface area contributed by atoms with Gasteiger partial charge < -0.3 is 9.73 Å². The highest BCUT2D eigenvalue weighted by molar-refractivity contribution is 8.01. The SMILES string of the molecule is Cc1csc(SCC(=O)NC(=O)NCc2ccco2)n1. The second-order valence-corrected chi connectivity index (χ2v) is 5.93. The molecule has 0 saturated carbocycles. The van der Waals surface area contributed by atoms with Crippen molar-refractivity contribution < 1.29 is 14.0 Å². The second kappa shape index (κ2) is 7.11. The maximum atomic E-state index is 11.6. The van der Waals surface area contributed by atoms with Crippen LogP contribution >= 0.6 is 23.1 Å². The van der Waals surface area contributed by atoms with E-state index in [1.807, 2.05) is 12.3 Å². The Morgan fingerprint density at radius 3 is 3.00 bits per heavy atom. The van der Waals surface area contributed by atoms with Crippen LogP contribution in [0, 0.1) is 6.92 Å². The van der Waals surface area contributed by atoms with Crippen LogP contribution in [-0.2, 0) is 11.3 Å². The highest BCUT2D eigenvalue weighted by Crippen LogP contribution is 2.21. The van der Waals surface area contributed by atoms with Gasteiger partial charge in [-0.25, -0.2) is 9.78 Å². The number of nitrogens with one attached hydrogen (secondary N) is 2. The van der Waals surface area contributed by atoms with Gasteiger partial charge in [0.1, 0.15) is 5.76 Å². The third-order valence-corrected chi connectivity index (χ3v) is 4.32. The normalized spacial score (nSPS) is 10.2. The molecule has 8 heteroatoms. The number of urea groups is 1. The Labute approximate surface area is 124 Å². The van der Waals surface area contributed by atoms with E-state index in [0.717, 1.165) is 10.0 Å². The Bertz CT molecular complexity index is 581. The third kappa shape index (κ3) is 4.71. The number of aryl methyl sites for hydroxylation is 1. The molecule has 0 unspecified atom stereocenters. The molecule has 0 fully saturated rings. The van der Waals surface area contributed by atoms with Crippen molar-refractivity contribution in [2.75, 3.05) is 5.75 Å². The zero-order chi connectivity index (χ0) is 14.4. The summed E-state index contributed by atoms with van der Waals surface area (Å²) in [6, 6.07) is 2.93. The fourth-order valence-corrected chi connectivity index (χ4v) is 2.96. The van der Waals surface area contributed by atoms with Crippen LogP contribution in [0.1, 0.15) is 11.5 Å². The molecule has 20 heavy (non-hydrogen) atoms. The van der Waals surface area contributed by atoms with Crippen molar-refractivity contribution in [2.24, 2.45) is 0 Å². The van der Waals surface area contributed by atoms with Crippen LogP contribution in [0.25, 0.3) is 0 Å². The van der Waals surface area contributed by atoms with E-state index in [1.54, 1.807) is 12.1 Å². The number of nitrogens with zero attached hydrogens (tertiary/aromatic N) is 1. The minimum Gasteiger partial charge on any atom is -0.467 e. The Hall–Kier alpha value is -1.80. The van der Waals surface area contributed by atoms with Gasteiger partial charge in [0, 0.05) is 11.1 Å². The van der Waals surface area contributed by atoms with E-state index in [2.05, 4.69) is 15.6 Å². The highest BCUT2D eigenvalue weighted by Gasteiger charge is 2.09. The van der Waals surface area contributed by atoms with E-state index in [0.29, 0.717) is 5.76 Å². The standard InChI is InChI=1S/C12H13N3O3S2/c1-8-6-19-12(14-8)20-7-10(16)15-11(17)13-5-9-3-2-4-18-9/h2-4,6H,5,7H2,1H3,(H2,13,15,16,17). The number of hydrogen-bond donors (Lipinski definition) is 2. The predicted octanol–water partition coefficient (Wildman–Crippen LogP) is 2.16. The number of thioether (sulfide) groups is 1. The van der Waals surface area contributed by atoms with Crippen LogP contribution < -0.4 is 10.6 Å². The van der Waals surface area contributed by atoms with Gasteiger partial charge in [0.25, 0.3) is 0 Å². The van der Waals surface area contributed by atoms with Gasteiger partial charge in [0.15, 0.2) is 4.34 Å². The van der Waals surface area contributed by atoms with Gasteiger partial charge in [-0.2, -0.15) is 0 Å². The zero-order valence-electron chi connectivity index (χ0n) is 10.7. The van der Waals surface area contributed by atoms with Crippen molar-refractivity contribution in [2.45, 2.75) is 17.8 Å². The van der Waals surface area contributed by atoms with E-state index < -0.39 is 6.03 Å². The summed E-state index contributed by atoms with van der Waals surface area (Å²) in [5, 5.41) is 6.69. The topological polar surface area (TPSA) is 84.2 Å². The number of imide groups is 1. The number of carbonyl (C=O) groups is 2. The first-order chi connectivity index (χ1) is 9.63. The maximum absolute atomic E-state index is 11.6. The number of furan rings is 1. The Kier molecular flexibility index (Phi) is 5.19. The molecule has 2 aromatic rings. The number of aromatic nitrogens is 1. The smallest absolute Gasteiger partial charge is 0.321 e. The largest absolute Gasteiger partial charge is 0.467 e. The molecule has 6 nitrogen and oxygen atoms in total. The van der Waals surface area contributed by atoms with Crippen molar-refractivity contribution >= 4 is 35.0 Å². The first-order valence-electron chi connectivity index (χ1n) is 5.78. The van der Waals surface area contributed by atoms with E-state index in [-0.39, 0.29) is 18.2 Å². The summed E-state index contributed by atoms with van der Waals surface area (Å²) >= 11 is 2.78. The molecule has 2 heterocycles. The molecule has 0 atom stereocenters. The van der Waals surface area contributed by atoms with Crippen molar-refractivity contribution in [3.63, 3.8) is 0 Å². The molecule has 0 saturated heterocycles. The fourth-order valence-electron chi connectivity index (χ4n) is 1.31. The van der Waals surface area contributed by atoms with Gasteiger partial charge >= 0.3 is 6.03 Å². The van der Waals surface area contributed by atoms with Gasteiger partial charge in [-0.05, 0) is 19.1 Å². The van der Waals surface area contributed by atoms with Crippen LogP contribution in [0.3, 0.4) is 0 Å². The first-order valence-corrected chi connectivity index (χ1v) is 7.65. The van der Waals surface area contributed by atoms with Crippen molar-refractivity contribution in [3.05, 3.63) is 35.2 Å². The van der Waals surface area contributed by atoms with Gasteiger partial charge in [-0.3, -0.25) is 10.1 Å². The molecule has 0 bridgehead atoms. The first kappa shape index (κ1) is 14.6. The summed E-state index contributed by atoms with van der Waals surface area (Å²) in [7, 11) is 0. The van der Waals surface area contributed by atoms with E-state index in [4.69, 9.17) is 4.42 Å². The monoisotopic (exact) mass is 311 g/mol. The third-order valence-electron chi connectivity index (χ3n) is 2.18. The molecule has 0 aliphatic carbocycles. The van der Waals surface area contributed by atoms with Crippen LogP contribution in [0.4, 0.5) is 4.79 Å². The van der Waals surface area contributed by atoms with E-state index in [1.165, 1.54) is 29.4 Å². The molecule has 2 aromatic heterocycles. The molecule has 106 valence electrons. The van der Waals surface area contributed by atoms with Crippen LogP contribution in [0.5, 0.6) is 0 Å². The Balaban J connectivity index is 1.67. The molecule has 2 N–H and O–H groups in total. The Morgan fingerprint density at radius 2 is 2.35 bits per heavy atom. The molecular formula is C12H13N3O3S2. The summed E-state index contributed by atoms with van der Waals surface area (Å²) in [5.74, 6) is 0.418. The quantitative estimate of drug-likeness (QED) is 0.827. The van der Waals surface area contributed by atoms with Crippen LogP contribution in [-0.4, -0.2) is 22.7 Å². The minimum absolute atomic E-state index is 0.154. The lowest BCUT2D eigenvalue weighted by Crippen LogP contribution is -2.39. The molecule has 0 aliphatic heterocycles. The molecule has 2 rings (SSSR count). The molecular weight excluding hydrogens is 298 g/mol. The molecule has 3 amide bonds. The second-order valence-electron chi connectivity index (χ2n) is 3.85. The average Bonchev–Trinajstić information content (AvgIpc) is 3.05. The number of carbonyl (C=O) groups excluding carboxylic acids is 2. The van der Waals surface area contributed by atoms with Crippen LogP contribution in [0.2, 0.25) is 0 Å². The molecule has 0 aliphatic rings. The highest BCUT2D eigenvalue weighted by atomic mass is 32.2. The fraction of sp³-hybridized carbons (Fsp3) is 0.250. The molecule has 0 aromatic carbocycles. The lowest BCUT2D eigenvalue weighted by Gasteiger charge is -2.04. The summed E-state index contributed by atoms with van der Waals surface area (Å²) < 4.78 is 5.87. The lowest BCUT2D eigenvalue weighted by molar-refractivity contribution is -0.117. The summed E-state index contributed by atoms with van der Waals surface area (Å²) in [5.41, 5.74) is 0.925. The van der Waals surface area contributed by atoms with Crippen molar-refractivity contribution in [1.29, 1.82) is 0 Å². The van der Waals surface area contributed by atoms with Crippen molar-refractivity contribution in [1.82, 2.24) is 15.6 Å². The number of thiazole rings is 1. The van der Waals surface area contributed by atoms with Crippen molar-refractivity contribution in [3.8, 4) is 0 Å². The van der Waals surface area contributed by atoms with Crippen LogP contribution in [0.15, 0.2) is 32.5 Å². The minimum atomic E-state index is -0.540. The summed E-state index contributed by atoms with van der Waals surface area (Å²) in [6.07, 6.45) is 1.52. The number of rotatable bonds is 5. The average molecular weight is 311 g/mol. The maximum Gasteiger partial charge on any atom is 0.321 e. The van der Waals surface area contributed by atoms with E-state index >= 15 is 0 Å². The van der Waals surface area contributed by atoms with Gasteiger partial charge in [0.05, 0.1) is 18.6 Å². The molecule has 0 radical (unpaired) electrons. The van der Waals surface area contributed by atoms with Gasteiger partial charge in [-0.15, -0.1) is 11.3 Å². The van der Waals surface area contributed by atoms with Gasteiger partial charge in [-0.1, -0.05) is 11.8 Å². The predicted molar refractivity (Wildman–Crippen MR) is 76.7 cm³/mol. The zero-order valence-corrected chi connectivity index (χ0v) is 12.3. The lowest BCUT2D eigenvalue weighted by atomic mass is 10.4.